The third kappa shape index (κ3) is 3.05. The van der Waals surface area contributed by atoms with Gasteiger partial charge in [0.1, 0.15) is 0 Å². The molecule has 1 radical (unpaired) electrons. The quantitative estimate of drug-likeness (QED) is 0.446. The monoisotopic (exact) mass is 307 g/mol. The summed E-state index contributed by atoms with van der Waals surface area (Å²) in [6, 6.07) is 30.4. The van der Waals surface area contributed by atoms with Crippen molar-refractivity contribution in [3.8, 4) is 0 Å². The van der Waals surface area contributed by atoms with Crippen LogP contribution in [0.4, 0.5) is 0 Å². The number of hydrogen-bond acceptors (Lipinski definition) is 0. The number of hydrogen-bond donors (Lipinski definition) is 0. The topological polar surface area (TPSA) is 0 Å². The molecule has 0 aromatic heterocycles. The van der Waals surface area contributed by atoms with Crippen LogP contribution in [0.1, 0.15) is 11.1 Å². The average molecular weight is 307 g/mol. The van der Waals surface area contributed by atoms with E-state index in [1.807, 2.05) is 0 Å². The van der Waals surface area contributed by atoms with Crippen LogP contribution in [0.25, 0.3) is 21.5 Å². The maximum Gasteiger partial charge on any atom is 0 e. The number of benzene rings is 4. The molecule has 0 bridgehead atoms. The largest absolute Gasteiger partial charge is 0.0616 e. The molecule has 0 spiro atoms. The molecular weight excluding hydrogens is 291 g/mol. The van der Waals surface area contributed by atoms with E-state index in [9.17, 15) is 0 Å². The minimum Gasteiger partial charge on any atom is -0.0616 e. The second kappa shape index (κ2) is 7.07. The van der Waals surface area contributed by atoms with Crippen molar-refractivity contribution in [3.05, 3.63) is 96.1 Å². The molecule has 0 aliphatic heterocycles. The fraction of sp³-hybridized carbons (Fsp3) is 0.0476. The van der Waals surface area contributed by atoms with E-state index in [2.05, 4.69) is 84.9 Å². The summed E-state index contributed by atoms with van der Waals surface area (Å²) in [5.41, 5.74) is 2.79. The normalized spacial score (nSPS) is 10.5. The van der Waals surface area contributed by atoms with Crippen molar-refractivity contribution >= 4 is 72.9 Å². The summed E-state index contributed by atoms with van der Waals surface area (Å²) in [5, 5.41) is 5.34. The standard InChI is InChI=1S/C21H16.K/c1-3-13-20-16(7-1)9-5-11-18(20)15-19-12-6-10-17-8-2-4-14-21(17)19;/h1-14H,15H2;. The van der Waals surface area contributed by atoms with Crippen molar-refractivity contribution in [2.45, 2.75) is 6.42 Å². The van der Waals surface area contributed by atoms with Crippen LogP contribution in [0, 0.1) is 0 Å². The molecule has 0 aliphatic carbocycles. The average Bonchev–Trinajstić information content (AvgIpc) is 2.56. The molecule has 0 atom stereocenters. The van der Waals surface area contributed by atoms with Gasteiger partial charge in [-0.1, -0.05) is 84.9 Å². The smallest absolute Gasteiger partial charge is 0 e. The Hall–Kier alpha value is -0.964. The van der Waals surface area contributed by atoms with E-state index in [1.165, 1.54) is 32.7 Å². The van der Waals surface area contributed by atoms with E-state index >= 15 is 0 Å². The molecule has 1 heteroatoms. The van der Waals surface area contributed by atoms with Gasteiger partial charge in [0.2, 0.25) is 0 Å². The summed E-state index contributed by atoms with van der Waals surface area (Å²) in [4.78, 5) is 0. The first-order valence-electron chi connectivity index (χ1n) is 7.35. The molecule has 0 unspecified atom stereocenters. The predicted octanol–water partition coefficient (Wildman–Crippen LogP) is 5.20. The molecule has 4 aromatic rings. The number of fused-ring (bicyclic) bond motifs is 2. The third-order valence-corrected chi connectivity index (χ3v) is 4.14. The minimum atomic E-state index is 0. The molecule has 0 saturated heterocycles. The minimum absolute atomic E-state index is 0. The van der Waals surface area contributed by atoms with E-state index in [0.29, 0.717) is 0 Å². The van der Waals surface area contributed by atoms with Gasteiger partial charge < -0.3 is 0 Å². The van der Waals surface area contributed by atoms with Gasteiger partial charge in [-0.2, -0.15) is 0 Å². The first-order chi connectivity index (χ1) is 10.4. The summed E-state index contributed by atoms with van der Waals surface area (Å²) < 4.78 is 0. The molecule has 101 valence electrons. The van der Waals surface area contributed by atoms with Gasteiger partial charge in [-0.15, -0.1) is 0 Å². The van der Waals surface area contributed by atoms with Gasteiger partial charge in [-0.3, -0.25) is 0 Å². The van der Waals surface area contributed by atoms with Gasteiger partial charge in [-0.25, -0.2) is 0 Å². The van der Waals surface area contributed by atoms with E-state index < -0.39 is 0 Å². The van der Waals surface area contributed by atoms with E-state index in [0.717, 1.165) is 6.42 Å². The van der Waals surface area contributed by atoms with Gasteiger partial charge in [0.25, 0.3) is 0 Å². The Balaban J connectivity index is 0.00000144. The second-order valence-corrected chi connectivity index (χ2v) is 5.45. The summed E-state index contributed by atoms with van der Waals surface area (Å²) in [5.74, 6) is 0. The maximum absolute atomic E-state index is 2.24. The zero-order valence-corrected chi connectivity index (χ0v) is 15.9. The van der Waals surface area contributed by atoms with Gasteiger partial charge in [0.15, 0.2) is 0 Å². The van der Waals surface area contributed by atoms with Crippen LogP contribution in [0.2, 0.25) is 0 Å². The first kappa shape index (κ1) is 15.9. The molecule has 0 nitrogen and oxygen atoms in total. The summed E-state index contributed by atoms with van der Waals surface area (Å²) in [6.45, 7) is 0. The Morgan fingerprint density at radius 3 is 1.36 bits per heavy atom. The summed E-state index contributed by atoms with van der Waals surface area (Å²) in [7, 11) is 0. The van der Waals surface area contributed by atoms with E-state index in [1.54, 1.807) is 0 Å². The second-order valence-electron chi connectivity index (χ2n) is 5.45. The van der Waals surface area contributed by atoms with Crippen LogP contribution in [0.5, 0.6) is 0 Å². The van der Waals surface area contributed by atoms with Crippen molar-refractivity contribution in [1.82, 2.24) is 0 Å². The van der Waals surface area contributed by atoms with Gasteiger partial charge in [-0.05, 0) is 39.1 Å². The van der Waals surface area contributed by atoms with Gasteiger partial charge in [0.05, 0.1) is 0 Å². The fourth-order valence-electron chi connectivity index (χ4n) is 3.10. The SMILES string of the molecule is [K].c1ccc2c(Cc3cccc4ccccc34)cccc2c1. The van der Waals surface area contributed by atoms with Crippen LogP contribution in [-0.4, -0.2) is 51.4 Å². The molecule has 0 N–H and O–H groups in total. The van der Waals surface area contributed by atoms with E-state index in [-0.39, 0.29) is 51.4 Å². The Bertz CT molecular complexity index is 837. The van der Waals surface area contributed by atoms with Gasteiger partial charge in [0, 0.05) is 51.4 Å². The molecule has 0 aliphatic rings. The molecule has 0 amide bonds. The molecule has 0 heterocycles. The Morgan fingerprint density at radius 1 is 0.455 bits per heavy atom. The van der Waals surface area contributed by atoms with Crippen molar-refractivity contribution in [1.29, 1.82) is 0 Å². The van der Waals surface area contributed by atoms with Crippen molar-refractivity contribution in [3.63, 3.8) is 0 Å². The maximum atomic E-state index is 2.24. The zero-order valence-electron chi connectivity index (χ0n) is 12.8. The van der Waals surface area contributed by atoms with Crippen LogP contribution in [-0.2, 0) is 6.42 Å². The predicted molar refractivity (Wildman–Crippen MR) is 96.5 cm³/mol. The molecule has 0 saturated carbocycles. The van der Waals surface area contributed by atoms with Gasteiger partial charge >= 0.3 is 0 Å². The molecule has 22 heavy (non-hydrogen) atoms. The molecule has 4 aromatic carbocycles. The fourth-order valence-corrected chi connectivity index (χ4v) is 3.10. The molecule has 4 rings (SSSR count). The molecular formula is C21H16K. The van der Waals surface area contributed by atoms with Crippen LogP contribution in [0.3, 0.4) is 0 Å². The van der Waals surface area contributed by atoms with Crippen LogP contribution < -0.4 is 0 Å². The Kier molecular flexibility index (Phi) is 5.12. The summed E-state index contributed by atoms with van der Waals surface area (Å²) in [6.07, 6.45) is 0.975. The van der Waals surface area contributed by atoms with Crippen molar-refractivity contribution in [2.75, 3.05) is 0 Å². The Morgan fingerprint density at radius 2 is 0.864 bits per heavy atom. The van der Waals surface area contributed by atoms with Crippen LogP contribution >= 0.6 is 0 Å². The third-order valence-electron chi connectivity index (χ3n) is 4.14. The van der Waals surface area contributed by atoms with Crippen molar-refractivity contribution in [2.24, 2.45) is 0 Å². The molecule has 0 fully saturated rings. The number of rotatable bonds is 2. The van der Waals surface area contributed by atoms with Crippen molar-refractivity contribution < 1.29 is 0 Å². The zero-order chi connectivity index (χ0) is 14.1. The summed E-state index contributed by atoms with van der Waals surface area (Å²) >= 11 is 0. The van der Waals surface area contributed by atoms with E-state index in [4.69, 9.17) is 0 Å². The Labute approximate surface area is 173 Å². The van der Waals surface area contributed by atoms with Crippen LogP contribution in [0.15, 0.2) is 84.9 Å². The first-order valence-corrected chi connectivity index (χ1v) is 7.35.